The van der Waals surface area contributed by atoms with Crippen LogP contribution in [0.4, 0.5) is 78.4 Å². The molecule has 4 aliphatic heterocycles. The summed E-state index contributed by atoms with van der Waals surface area (Å²) >= 11 is 0. The summed E-state index contributed by atoms with van der Waals surface area (Å²) in [5.41, 5.74) is 0.632. The van der Waals surface area contributed by atoms with Crippen molar-refractivity contribution in [3.63, 3.8) is 0 Å². The van der Waals surface area contributed by atoms with Gasteiger partial charge < -0.3 is 45.9 Å². The van der Waals surface area contributed by atoms with E-state index in [-0.39, 0.29) is 78.0 Å². The van der Waals surface area contributed by atoms with Crippen molar-refractivity contribution in [1.82, 2.24) is 5.32 Å². The first-order valence-corrected chi connectivity index (χ1v) is 19.2. The highest BCUT2D eigenvalue weighted by atomic mass is 19.4. The van der Waals surface area contributed by atoms with Crippen molar-refractivity contribution < 1.29 is 97.8 Å². The zero-order valence-electron chi connectivity index (χ0n) is 35.1. The molecule has 1 fully saturated rings. The van der Waals surface area contributed by atoms with Crippen LogP contribution in [0, 0.1) is 54.5 Å². The molecule has 1 atom stereocenters. The maximum atomic E-state index is 14.5. The number of carbonyl (C=O) groups excluding carboxylic acids is 6. The zero-order chi connectivity index (χ0) is 52.3. The molecular weight excluding hydrogens is 965 g/mol. The third-order valence-electron chi connectivity index (χ3n) is 9.75. The summed E-state index contributed by atoms with van der Waals surface area (Å²) in [6.45, 7) is -1.25. The number of amides is 7. The van der Waals surface area contributed by atoms with Gasteiger partial charge in [0.25, 0.3) is 23.5 Å². The van der Waals surface area contributed by atoms with Crippen LogP contribution in [-0.2, 0) is 24.0 Å². The van der Waals surface area contributed by atoms with Crippen molar-refractivity contribution in [2.75, 3.05) is 70.1 Å². The Hall–Kier alpha value is -8.39. The average molecular weight is 998 g/mol. The number of halogens is 9. The van der Waals surface area contributed by atoms with Gasteiger partial charge in [-0.05, 0) is 18.2 Å². The molecule has 7 N–H and O–H groups in total. The predicted molar refractivity (Wildman–Crippen MR) is 222 cm³/mol. The average Bonchev–Trinajstić information content (AvgIpc) is 3.25. The standard InChI is InChI=1S/C16H11F4N3O5.C15H12F4N2O5.C11H9FN2O2/c1-2-3-22-10-5-9(8(17)4-11(10)28-7-13(22)25)23-12(24)6-15(27,16(18,19)20)21-14(23)26;1-2-3-21-10-5-9(8(16)4-11(10)26-7-13(21)23)20-12(22)6-14(24,25)15(17,18)19;1-2-3-14-9-5-8(13)7(12)4-10(9)16-6-11(14)15/h1,4-5,27H,3,6-7H2,(H,21,26);1,4-5,24-25H,3,6-7H2,(H,20,22);1,4-5H,3,6,13H2. The number of ether oxygens (including phenoxy) is 3. The van der Waals surface area contributed by atoms with Crippen molar-refractivity contribution in [2.24, 2.45) is 0 Å². The summed E-state index contributed by atoms with van der Waals surface area (Å²) < 4.78 is 133. The van der Waals surface area contributed by atoms with Crippen molar-refractivity contribution in [3.8, 4) is 54.3 Å². The molecule has 1 unspecified atom stereocenters. The maximum Gasteiger partial charge on any atom is 0.443 e. The molecular formula is C42H32F9N7O12. The highest BCUT2D eigenvalue weighted by Crippen LogP contribution is 2.42. The van der Waals surface area contributed by atoms with Gasteiger partial charge in [-0.15, -0.1) is 19.3 Å². The van der Waals surface area contributed by atoms with E-state index in [9.17, 15) is 73.4 Å². The van der Waals surface area contributed by atoms with Crippen molar-refractivity contribution in [1.29, 1.82) is 0 Å². The number of hydrogen-bond donors (Lipinski definition) is 6. The van der Waals surface area contributed by atoms with E-state index in [1.165, 1.54) is 16.3 Å². The van der Waals surface area contributed by atoms with E-state index < -0.39 is 102 Å². The van der Waals surface area contributed by atoms with E-state index >= 15 is 0 Å². The lowest BCUT2D eigenvalue weighted by Gasteiger charge is -2.38. The van der Waals surface area contributed by atoms with Crippen LogP contribution in [0.5, 0.6) is 17.2 Å². The van der Waals surface area contributed by atoms with Crippen molar-refractivity contribution in [3.05, 3.63) is 53.8 Å². The van der Waals surface area contributed by atoms with Gasteiger partial charge in [-0.3, -0.25) is 38.7 Å². The first kappa shape index (κ1) is 52.6. The molecule has 4 aliphatic rings. The lowest BCUT2D eigenvalue weighted by Crippen LogP contribution is -2.68. The van der Waals surface area contributed by atoms with Gasteiger partial charge >= 0.3 is 18.4 Å². The number of hydrogen-bond acceptors (Lipinski definition) is 13. The fourth-order valence-electron chi connectivity index (χ4n) is 6.35. The fourth-order valence-corrected chi connectivity index (χ4v) is 6.35. The highest BCUT2D eigenvalue weighted by molar-refractivity contribution is 6.17. The number of aliphatic hydroxyl groups is 3. The lowest BCUT2D eigenvalue weighted by molar-refractivity contribution is -0.347. The van der Waals surface area contributed by atoms with Gasteiger partial charge in [0.2, 0.25) is 17.5 Å². The summed E-state index contributed by atoms with van der Waals surface area (Å²) in [5.74, 6) is -4.61. The van der Waals surface area contributed by atoms with Gasteiger partial charge in [0, 0.05) is 18.2 Å². The Balaban J connectivity index is 0.000000203. The number of fused-ring (bicyclic) bond motifs is 3. The fraction of sp³-hybridized carbons (Fsp3) is 0.286. The number of nitrogens with one attached hydrogen (secondary N) is 2. The molecule has 28 heteroatoms. The first-order valence-electron chi connectivity index (χ1n) is 19.2. The number of carbonyl (C=O) groups is 6. The number of terminal acetylenes is 3. The van der Waals surface area contributed by atoms with E-state index in [4.69, 9.17) is 49.4 Å². The molecule has 7 rings (SSSR count). The van der Waals surface area contributed by atoms with Crippen LogP contribution in [0.15, 0.2) is 36.4 Å². The molecule has 0 bridgehead atoms. The third kappa shape index (κ3) is 11.0. The molecule has 4 heterocycles. The highest BCUT2D eigenvalue weighted by Gasteiger charge is 2.60. The third-order valence-corrected chi connectivity index (χ3v) is 9.75. The van der Waals surface area contributed by atoms with E-state index in [1.807, 2.05) is 0 Å². The molecule has 0 aliphatic carbocycles. The van der Waals surface area contributed by atoms with Crippen molar-refractivity contribution >= 4 is 69.7 Å². The van der Waals surface area contributed by atoms with Gasteiger partial charge in [-0.2, -0.15) is 26.3 Å². The lowest BCUT2D eigenvalue weighted by atomic mass is 10.0. The molecule has 0 aromatic heterocycles. The van der Waals surface area contributed by atoms with Gasteiger partial charge in [0.1, 0.15) is 23.1 Å². The van der Waals surface area contributed by atoms with E-state index in [0.717, 1.165) is 40.1 Å². The molecule has 0 spiro atoms. The second-order valence-corrected chi connectivity index (χ2v) is 14.6. The molecule has 0 radical (unpaired) electrons. The predicted octanol–water partition coefficient (Wildman–Crippen LogP) is 2.40. The zero-order valence-corrected chi connectivity index (χ0v) is 35.1. The second-order valence-electron chi connectivity index (χ2n) is 14.6. The Bertz CT molecular complexity index is 2770. The van der Waals surface area contributed by atoms with E-state index in [0.29, 0.717) is 5.69 Å². The summed E-state index contributed by atoms with van der Waals surface area (Å²) in [5, 5.41) is 30.3. The second kappa shape index (κ2) is 20.1. The monoisotopic (exact) mass is 997 g/mol. The van der Waals surface area contributed by atoms with Crippen LogP contribution >= 0.6 is 0 Å². The minimum Gasteiger partial charge on any atom is -0.481 e. The molecule has 3 aromatic carbocycles. The van der Waals surface area contributed by atoms with Crippen LogP contribution in [0.1, 0.15) is 12.8 Å². The maximum absolute atomic E-state index is 14.5. The number of rotatable bonds is 7. The van der Waals surface area contributed by atoms with Crippen LogP contribution in [0.2, 0.25) is 0 Å². The topological polar surface area (TPSA) is 254 Å². The molecule has 3 aromatic rings. The summed E-state index contributed by atoms with van der Waals surface area (Å²) in [4.78, 5) is 74.6. The minimum absolute atomic E-state index is 0.00554. The van der Waals surface area contributed by atoms with Crippen molar-refractivity contribution in [2.45, 2.75) is 36.7 Å². The number of nitrogen functional groups attached to an aromatic ring is 1. The number of imide groups is 1. The number of alkyl halides is 6. The molecule has 1 saturated heterocycles. The Morgan fingerprint density at radius 3 is 1.54 bits per heavy atom. The molecule has 19 nitrogen and oxygen atoms in total. The Kier molecular flexibility index (Phi) is 15.1. The van der Waals surface area contributed by atoms with Crippen LogP contribution < -0.4 is 50.2 Å². The van der Waals surface area contributed by atoms with Crippen LogP contribution in [0.25, 0.3) is 0 Å². The first-order chi connectivity index (χ1) is 32.6. The Morgan fingerprint density at radius 2 is 1.11 bits per heavy atom. The van der Waals surface area contributed by atoms with Gasteiger partial charge in [0.15, 0.2) is 31.5 Å². The number of anilines is 6. The van der Waals surface area contributed by atoms with Crippen LogP contribution in [-0.4, -0.2) is 114 Å². The molecule has 7 amide bonds. The van der Waals surface area contributed by atoms with E-state index in [2.05, 4.69) is 17.8 Å². The largest absolute Gasteiger partial charge is 0.481 e. The van der Waals surface area contributed by atoms with Gasteiger partial charge in [-0.1, -0.05) is 17.8 Å². The number of benzene rings is 3. The summed E-state index contributed by atoms with van der Waals surface area (Å²) in [6, 6.07) is 4.22. The Labute approximate surface area is 387 Å². The molecule has 370 valence electrons. The van der Waals surface area contributed by atoms with Crippen LogP contribution in [0.3, 0.4) is 0 Å². The quantitative estimate of drug-likeness (QED) is 0.0863. The number of nitrogens with zero attached hydrogens (tertiary/aromatic N) is 4. The number of nitrogens with two attached hydrogens (primary N) is 1. The SMILES string of the molecule is C#CCN1C(=O)COc2cc(F)c(N)cc21.C#CCN1C(=O)COc2cc(F)c(N3C(=O)CC(O)(C(F)(F)F)NC3=O)cc21.C#CCN1C(=O)COc2cc(F)c(NC(=O)CC(O)(O)C(F)(F)F)cc21. The summed E-state index contributed by atoms with van der Waals surface area (Å²) in [6.07, 6.45) is 1.32. The smallest absolute Gasteiger partial charge is 0.443 e. The molecule has 0 saturated carbocycles. The minimum atomic E-state index is -5.48. The molecule has 70 heavy (non-hydrogen) atoms. The van der Waals surface area contributed by atoms with Gasteiger partial charge in [0.05, 0.1) is 66.6 Å². The van der Waals surface area contributed by atoms with E-state index in [1.54, 1.807) is 5.32 Å². The summed E-state index contributed by atoms with van der Waals surface area (Å²) in [7, 11) is 0. The Morgan fingerprint density at radius 1 is 0.686 bits per heavy atom. The normalized spacial score (nSPS) is 17.5. The number of urea groups is 1. The van der Waals surface area contributed by atoms with Gasteiger partial charge in [-0.25, -0.2) is 22.9 Å².